The fourth-order valence-corrected chi connectivity index (χ4v) is 1.91. The minimum Gasteiger partial charge on any atom is -0.355 e. The quantitative estimate of drug-likeness (QED) is 0.787. The fourth-order valence-electron chi connectivity index (χ4n) is 1.17. The zero-order valence-corrected chi connectivity index (χ0v) is 12.3. The van der Waals surface area contributed by atoms with Gasteiger partial charge in [-0.25, -0.2) is 0 Å². The molecule has 17 heavy (non-hydrogen) atoms. The molecule has 0 radical (unpaired) electrons. The van der Waals surface area contributed by atoms with Gasteiger partial charge < -0.3 is 10.2 Å². The predicted octanol–water partition coefficient (Wildman–Crippen LogP) is 1.50. The molecule has 0 aliphatic heterocycles. The Labute approximate surface area is 109 Å². The molecule has 5 heteroatoms. The highest BCUT2D eigenvalue weighted by Crippen LogP contribution is 2.23. The number of rotatable bonds is 6. The molecule has 0 atom stereocenters. The van der Waals surface area contributed by atoms with Gasteiger partial charge in [-0.05, 0) is 13.8 Å². The summed E-state index contributed by atoms with van der Waals surface area (Å²) in [5.74, 6) is 0.360. The molecule has 2 amide bonds. The second kappa shape index (κ2) is 7.58. The molecule has 1 N–H and O–H groups in total. The Balaban J connectivity index is 4.17. The fraction of sp³-hybridized carbons (Fsp3) is 0.833. The van der Waals surface area contributed by atoms with E-state index in [-0.39, 0.29) is 23.1 Å². The Bertz CT molecular complexity index is 262. The molecule has 0 saturated carbocycles. The van der Waals surface area contributed by atoms with Crippen molar-refractivity contribution in [1.29, 1.82) is 0 Å². The first-order valence-electron chi connectivity index (χ1n) is 5.98. The summed E-state index contributed by atoms with van der Waals surface area (Å²) in [5, 5.41) is 2.70. The average Bonchev–Trinajstić information content (AvgIpc) is 2.22. The summed E-state index contributed by atoms with van der Waals surface area (Å²) in [7, 11) is 0. The van der Waals surface area contributed by atoms with Crippen molar-refractivity contribution in [3.05, 3.63) is 0 Å². The molecule has 0 rings (SSSR count). The van der Waals surface area contributed by atoms with Crippen LogP contribution in [0.2, 0.25) is 0 Å². The first-order chi connectivity index (χ1) is 7.80. The monoisotopic (exact) mass is 260 g/mol. The summed E-state index contributed by atoms with van der Waals surface area (Å²) in [6, 6.07) is 0. The molecule has 0 aliphatic rings. The maximum atomic E-state index is 11.9. The molecule has 0 aliphatic carbocycles. The van der Waals surface area contributed by atoms with Crippen LogP contribution < -0.4 is 5.32 Å². The van der Waals surface area contributed by atoms with Gasteiger partial charge in [-0.15, -0.1) is 11.8 Å². The Hall–Kier alpha value is -0.710. The Morgan fingerprint density at radius 1 is 1.24 bits per heavy atom. The van der Waals surface area contributed by atoms with Gasteiger partial charge in [0.1, 0.15) is 0 Å². The molecule has 100 valence electrons. The average molecular weight is 260 g/mol. The van der Waals surface area contributed by atoms with Gasteiger partial charge in [-0.1, -0.05) is 20.8 Å². The molecule has 0 bridgehead atoms. The third-order valence-electron chi connectivity index (χ3n) is 2.07. The van der Waals surface area contributed by atoms with Crippen molar-refractivity contribution < 1.29 is 9.59 Å². The molecule has 0 aromatic carbocycles. The molecule has 0 heterocycles. The lowest BCUT2D eigenvalue weighted by atomic mass is 10.3. The van der Waals surface area contributed by atoms with E-state index in [0.29, 0.717) is 18.8 Å². The predicted molar refractivity (Wildman–Crippen MR) is 73.1 cm³/mol. The maximum Gasteiger partial charge on any atom is 0.239 e. The lowest BCUT2D eigenvalue weighted by molar-refractivity contribution is -0.133. The van der Waals surface area contributed by atoms with Gasteiger partial charge >= 0.3 is 0 Å². The molecule has 0 aromatic rings. The van der Waals surface area contributed by atoms with Crippen molar-refractivity contribution in [2.45, 2.75) is 39.4 Å². The van der Waals surface area contributed by atoms with E-state index in [9.17, 15) is 9.59 Å². The molecular formula is C12H24N2O2S. The van der Waals surface area contributed by atoms with Gasteiger partial charge in [-0.2, -0.15) is 0 Å². The standard InChI is InChI=1S/C12H24N2O2S/c1-6-13-10(15)8-14(7-2)11(16)9-17-12(3,4)5/h6-9H2,1-5H3,(H,13,15). The summed E-state index contributed by atoms with van der Waals surface area (Å²) in [6.45, 7) is 11.3. The van der Waals surface area contributed by atoms with Crippen LogP contribution in [-0.2, 0) is 9.59 Å². The van der Waals surface area contributed by atoms with E-state index >= 15 is 0 Å². The highest BCUT2D eigenvalue weighted by Gasteiger charge is 2.18. The van der Waals surface area contributed by atoms with E-state index in [1.807, 2.05) is 13.8 Å². The number of carbonyl (C=O) groups is 2. The van der Waals surface area contributed by atoms with E-state index < -0.39 is 0 Å². The van der Waals surface area contributed by atoms with Gasteiger partial charge in [0, 0.05) is 17.8 Å². The maximum absolute atomic E-state index is 11.9. The topological polar surface area (TPSA) is 49.4 Å². The lowest BCUT2D eigenvalue weighted by Gasteiger charge is -2.23. The van der Waals surface area contributed by atoms with Crippen molar-refractivity contribution >= 4 is 23.6 Å². The number of nitrogens with one attached hydrogen (secondary N) is 1. The molecule has 0 aromatic heterocycles. The summed E-state index contributed by atoms with van der Waals surface area (Å²) in [4.78, 5) is 24.9. The largest absolute Gasteiger partial charge is 0.355 e. The summed E-state index contributed by atoms with van der Waals surface area (Å²) >= 11 is 1.60. The van der Waals surface area contributed by atoms with Crippen LogP contribution in [0, 0.1) is 0 Å². The van der Waals surface area contributed by atoms with Crippen molar-refractivity contribution in [3.63, 3.8) is 0 Å². The van der Waals surface area contributed by atoms with E-state index in [1.165, 1.54) is 0 Å². The highest BCUT2D eigenvalue weighted by molar-refractivity contribution is 8.01. The molecule has 0 fully saturated rings. The van der Waals surface area contributed by atoms with E-state index in [4.69, 9.17) is 0 Å². The van der Waals surface area contributed by atoms with Gasteiger partial charge in [0.25, 0.3) is 0 Å². The number of nitrogens with zero attached hydrogens (tertiary/aromatic N) is 1. The number of hydrogen-bond donors (Lipinski definition) is 1. The zero-order valence-electron chi connectivity index (χ0n) is 11.5. The number of likely N-dealkylation sites (N-methyl/N-ethyl adjacent to an activating group) is 2. The van der Waals surface area contributed by atoms with Crippen molar-refractivity contribution in [3.8, 4) is 0 Å². The van der Waals surface area contributed by atoms with Gasteiger partial charge in [-0.3, -0.25) is 9.59 Å². The second-order valence-electron chi connectivity index (χ2n) is 4.76. The first-order valence-corrected chi connectivity index (χ1v) is 6.97. The van der Waals surface area contributed by atoms with Crippen LogP contribution in [0.1, 0.15) is 34.6 Å². The Morgan fingerprint density at radius 3 is 2.24 bits per heavy atom. The molecule has 0 unspecified atom stereocenters. The van der Waals surface area contributed by atoms with E-state index in [0.717, 1.165) is 0 Å². The summed E-state index contributed by atoms with van der Waals surface area (Å²) in [6.07, 6.45) is 0. The van der Waals surface area contributed by atoms with Crippen LogP contribution in [0.5, 0.6) is 0 Å². The lowest BCUT2D eigenvalue weighted by Crippen LogP contribution is -2.41. The van der Waals surface area contributed by atoms with Crippen molar-refractivity contribution in [2.24, 2.45) is 0 Å². The SMILES string of the molecule is CCNC(=O)CN(CC)C(=O)CSC(C)(C)C. The smallest absolute Gasteiger partial charge is 0.239 e. The molecule has 0 spiro atoms. The summed E-state index contributed by atoms with van der Waals surface area (Å²) in [5.41, 5.74) is 0. The van der Waals surface area contributed by atoms with Crippen molar-refractivity contribution in [2.75, 3.05) is 25.4 Å². The van der Waals surface area contributed by atoms with E-state index in [1.54, 1.807) is 16.7 Å². The third kappa shape index (κ3) is 8.07. The van der Waals surface area contributed by atoms with E-state index in [2.05, 4.69) is 26.1 Å². The van der Waals surface area contributed by atoms with Crippen LogP contribution in [0.25, 0.3) is 0 Å². The minimum atomic E-state index is -0.0940. The minimum absolute atomic E-state index is 0.0266. The second-order valence-corrected chi connectivity index (χ2v) is 6.56. The van der Waals surface area contributed by atoms with Crippen LogP contribution in [0.3, 0.4) is 0 Å². The Kier molecular flexibility index (Phi) is 7.27. The van der Waals surface area contributed by atoms with Crippen LogP contribution in [-0.4, -0.2) is 46.8 Å². The summed E-state index contributed by atoms with van der Waals surface area (Å²) < 4.78 is 0.0702. The first kappa shape index (κ1) is 16.3. The zero-order chi connectivity index (χ0) is 13.5. The molecular weight excluding hydrogens is 236 g/mol. The molecule has 4 nitrogen and oxygen atoms in total. The van der Waals surface area contributed by atoms with Crippen LogP contribution >= 0.6 is 11.8 Å². The van der Waals surface area contributed by atoms with Gasteiger partial charge in [0.2, 0.25) is 11.8 Å². The number of hydrogen-bond acceptors (Lipinski definition) is 3. The van der Waals surface area contributed by atoms with Gasteiger partial charge in [0.15, 0.2) is 0 Å². The van der Waals surface area contributed by atoms with Crippen LogP contribution in [0.4, 0.5) is 0 Å². The number of thioether (sulfide) groups is 1. The van der Waals surface area contributed by atoms with Crippen molar-refractivity contribution in [1.82, 2.24) is 10.2 Å². The van der Waals surface area contributed by atoms with Gasteiger partial charge in [0.05, 0.1) is 12.3 Å². The Morgan fingerprint density at radius 2 is 1.82 bits per heavy atom. The number of carbonyl (C=O) groups excluding carboxylic acids is 2. The third-order valence-corrected chi connectivity index (χ3v) is 3.33. The van der Waals surface area contributed by atoms with Crippen LogP contribution in [0.15, 0.2) is 0 Å². The normalized spacial score (nSPS) is 11.1. The number of amides is 2. The molecule has 0 saturated heterocycles. The highest BCUT2D eigenvalue weighted by atomic mass is 32.2.